The number of anilines is 1. The van der Waals surface area contributed by atoms with E-state index in [1.807, 2.05) is 24.3 Å². The van der Waals surface area contributed by atoms with E-state index in [0.29, 0.717) is 5.58 Å². The average molecular weight is 466 g/mol. The summed E-state index contributed by atoms with van der Waals surface area (Å²) in [7, 11) is 0. The van der Waals surface area contributed by atoms with E-state index < -0.39 is 0 Å². The number of carbonyl (C=O) groups is 1. The zero-order valence-corrected chi connectivity index (χ0v) is 19.9. The molecule has 6 nitrogen and oxygen atoms in total. The number of fused-ring (bicyclic) bond motifs is 1. The maximum Gasteiger partial charge on any atom is 0.293 e. The number of carbonyl (C=O) groups excluding carboxylic acids is 1. The molecule has 0 spiro atoms. The van der Waals surface area contributed by atoms with Gasteiger partial charge in [-0.15, -0.1) is 0 Å². The van der Waals surface area contributed by atoms with Gasteiger partial charge in [0.05, 0.1) is 13.2 Å². The number of thiocarbonyl (C=S) groups is 1. The lowest BCUT2D eigenvalue weighted by atomic mass is 10.1. The Labute approximate surface area is 200 Å². The van der Waals surface area contributed by atoms with Crippen LogP contribution in [0, 0.1) is 0 Å². The molecule has 1 fully saturated rings. The molecule has 1 aliphatic rings. The lowest BCUT2D eigenvalue weighted by molar-refractivity contribution is 0.0342. The molecule has 3 aromatic rings. The maximum atomic E-state index is 12.7. The number of rotatable bonds is 8. The van der Waals surface area contributed by atoms with Crippen LogP contribution in [-0.2, 0) is 17.7 Å². The number of nitrogens with zero attached hydrogens (tertiary/aromatic N) is 1. The Morgan fingerprint density at radius 1 is 1.03 bits per heavy atom. The highest BCUT2D eigenvalue weighted by molar-refractivity contribution is 7.80. The standard InChI is InChI=1S/C26H31N3O3S/c1-2-3-4-5-19-6-9-22(10-7-19)27-26(33)28-25(30)24-17-21-16-20(8-11-23(21)32-24)18-29-12-14-31-15-13-29/h6-11,16-17H,2-5,12-15,18H2,1H3,(H2,27,28,30,33). The van der Waals surface area contributed by atoms with Crippen molar-refractivity contribution < 1.29 is 13.9 Å². The Balaban J connectivity index is 1.32. The number of benzene rings is 2. The van der Waals surface area contributed by atoms with Crippen LogP contribution in [0.2, 0.25) is 0 Å². The predicted octanol–water partition coefficient (Wildman–Crippen LogP) is 5.12. The summed E-state index contributed by atoms with van der Waals surface area (Å²) in [6, 6.07) is 16.0. The average Bonchev–Trinajstić information content (AvgIpc) is 3.25. The summed E-state index contributed by atoms with van der Waals surface area (Å²) in [5.41, 5.74) is 4.02. The molecule has 0 atom stereocenters. The van der Waals surface area contributed by atoms with Crippen molar-refractivity contribution in [2.75, 3.05) is 31.6 Å². The third-order valence-corrected chi connectivity index (χ3v) is 6.03. The second-order valence-corrected chi connectivity index (χ2v) is 8.84. The van der Waals surface area contributed by atoms with Gasteiger partial charge < -0.3 is 14.5 Å². The molecule has 174 valence electrons. The van der Waals surface area contributed by atoms with Crippen molar-refractivity contribution in [3.05, 3.63) is 65.4 Å². The first-order valence-electron chi connectivity index (χ1n) is 11.6. The second kappa shape index (κ2) is 11.4. The SMILES string of the molecule is CCCCCc1ccc(NC(=S)NC(=O)c2cc3cc(CN4CCOCC4)ccc3o2)cc1. The van der Waals surface area contributed by atoms with Crippen LogP contribution in [0.3, 0.4) is 0 Å². The predicted molar refractivity (Wildman–Crippen MR) is 136 cm³/mol. The van der Waals surface area contributed by atoms with E-state index in [0.717, 1.165) is 50.3 Å². The normalized spacial score (nSPS) is 14.3. The Bertz CT molecular complexity index is 1090. The molecule has 2 N–H and O–H groups in total. The monoisotopic (exact) mass is 465 g/mol. The van der Waals surface area contributed by atoms with Crippen LogP contribution in [0.5, 0.6) is 0 Å². The van der Waals surface area contributed by atoms with Gasteiger partial charge in [-0.1, -0.05) is 38.0 Å². The molecule has 0 aliphatic carbocycles. The van der Waals surface area contributed by atoms with Crippen molar-refractivity contribution in [3.8, 4) is 0 Å². The number of unbranched alkanes of at least 4 members (excludes halogenated alkanes) is 2. The van der Waals surface area contributed by atoms with Crippen molar-refractivity contribution in [2.24, 2.45) is 0 Å². The number of nitrogens with one attached hydrogen (secondary N) is 2. The highest BCUT2D eigenvalue weighted by atomic mass is 32.1. The van der Waals surface area contributed by atoms with Crippen LogP contribution in [0.15, 0.2) is 52.9 Å². The molecule has 0 radical (unpaired) electrons. The number of morpholine rings is 1. The number of aryl methyl sites for hydroxylation is 1. The topological polar surface area (TPSA) is 66.7 Å². The van der Waals surface area contributed by atoms with Crippen molar-refractivity contribution in [1.29, 1.82) is 0 Å². The minimum absolute atomic E-state index is 0.240. The fourth-order valence-corrected chi connectivity index (χ4v) is 4.19. The fraction of sp³-hybridized carbons (Fsp3) is 0.385. The summed E-state index contributed by atoms with van der Waals surface area (Å²) in [5.74, 6) is -0.126. The molecule has 1 aliphatic heterocycles. The lowest BCUT2D eigenvalue weighted by Crippen LogP contribution is -2.35. The molecular weight excluding hydrogens is 434 g/mol. The van der Waals surface area contributed by atoms with Gasteiger partial charge in [0.2, 0.25) is 0 Å². The van der Waals surface area contributed by atoms with Gasteiger partial charge in [0.15, 0.2) is 10.9 Å². The zero-order chi connectivity index (χ0) is 23.0. The second-order valence-electron chi connectivity index (χ2n) is 8.43. The van der Waals surface area contributed by atoms with Gasteiger partial charge in [0.25, 0.3) is 5.91 Å². The summed E-state index contributed by atoms with van der Waals surface area (Å²) < 4.78 is 11.2. The van der Waals surface area contributed by atoms with Crippen LogP contribution in [0.1, 0.15) is 47.9 Å². The first-order chi connectivity index (χ1) is 16.1. The fourth-order valence-electron chi connectivity index (χ4n) is 3.98. The number of furan rings is 1. The maximum absolute atomic E-state index is 12.7. The highest BCUT2D eigenvalue weighted by Gasteiger charge is 2.15. The first kappa shape index (κ1) is 23.4. The lowest BCUT2D eigenvalue weighted by Gasteiger charge is -2.26. The largest absolute Gasteiger partial charge is 0.451 e. The van der Waals surface area contributed by atoms with Gasteiger partial charge in [0, 0.05) is 30.7 Å². The Hall–Kier alpha value is -2.74. The van der Waals surface area contributed by atoms with Crippen LogP contribution in [0.4, 0.5) is 5.69 Å². The van der Waals surface area contributed by atoms with Gasteiger partial charge in [-0.2, -0.15) is 0 Å². The Morgan fingerprint density at radius 2 is 1.79 bits per heavy atom. The minimum atomic E-state index is -0.366. The van der Waals surface area contributed by atoms with Gasteiger partial charge in [-0.05, 0) is 66.5 Å². The Morgan fingerprint density at radius 3 is 2.55 bits per heavy atom. The van der Waals surface area contributed by atoms with Crippen LogP contribution in [-0.4, -0.2) is 42.2 Å². The van der Waals surface area contributed by atoms with Gasteiger partial charge in [-0.3, -0.25) is 15.0 Å². The molecule has 0 unspecified atom stereocenters. The number of hydrogen-bond donors (Lipinski definition) is 2. The van der Waals surface area contributed by atoms with E-state index >= 15 is 0 Å². The van der Waals surface area contributed by atoms with E-state index in [1.54, 1.807) is 6.07 Å². The zero-order valence-electron chi connectivity index (χ0n) is 19.1. The van der Waals surface area contributed by atoms with Crippen molar-refractivity contribution in [2.45, 2.75) is 39.2 Å². The van der Waals surface area contributed by atoms with Crippen molar-refractivity contribution in [1.82, 2.24) is 10.2 Å². The molecule has 7 heteroatoms. The van der Waals surface area contributed by atoms with Crippen LogP contribution < -0.4 is 10.6 Å². The molecule has 1 aromatic heterocycles. The van der Waals surface area contributed by atoms with E-state index in [-0.39, 0.29) is 16.8 Å². The molecule has 2 aromatic carbocycles. The van der Waals surface area contributed by atoms with E-state index in [2.05, 4.69) is 40.7 Å². The number of hydrogen-bond acceptors (Lipinski definition) is 5. The third-order valence-electron chi connectivity index (χ3n) is 5.82. The first-order valence-corrected chi connectivity index (χ1v) is 12.1. The molecular formula is C26H31N3O3S. The molecule has 0 saturated carbocycles. The highest BCUT2D eigenvalue weighted by Crippen LogP contribution is 2.22. The smallest absolute Gasteiger partial charge is 0.293 e. The van der Waals surface area contributed by atoms with Gasteiger partial charge in [0.1, 0.15) is 5.58 Å². The summed E-state index contributed by atoms with van der Waals surface area (Å²) in [5, 5.41) is 6.92. The third kappa shape index (κ3) is 6.63. The molecule has 2 heterocycles. The minimum Gasteiger partial charge on any atom is -0.451 e. The number of ether oxygens (including phenoxy) is 1. The van der Waals surface area contributed by atoms with Crippen LogP contribution in [0.25, 0.3) is 11.0 Å². The summed E-state index contributed by atoms with van der Waals surface area (Å²) in [4.78, 5) is 15.0. The quantitative estimate of drug-likeness (QED) is 0.355. The Kier molecular flexibility index (Phi) is 8.10. The molecule has 4 rings (SSSR count). The molecule has 33 heavy (non-hydrogen) atoms. The van der Waals surface area contributed by atoms with E-state index in [1.165, 1.54) is 30.4 Å². The summed E-state index contributed by atoms with van der Waals surface area (Å²) in [6.45, 7) is 6.48. The van der Waals surface area contributed by atoms with Crippen molar-refractivity contribution in [3.63, 3.8) is 0 Å². The van der Waals surface area contributed by atoms with Gasteiger partial charge in [-0.25, -0.2) is 0 Å². The molecule has 0 bridgehead atoms. The van der Waals surface area contributed by atoms with Crippen LogP contribution >= 0.6 is 12.2 Å². The van der Waals surface area contributed by atoms with E-state index in [9.17, 15) is 4.79 Å². The molecule has 1 saturated heterocycles. The summed E-state index contributed by atoms with van der Waals surface area (Å²) in [6.07, 6.45) is 4.74. The molecule has 1 amide bonds. The van der Waals surface area contributed by atoms with Crippen molar-refractivity contribution >= 4 is 39.9 Å². The summed E-state index contributed by atoms with van der Waals surface area (Å²) >= 11 is 5.32. The number of amides is 1. The van der Waals surface area contributed by atoms with E-state index in [4.69, 9.17) is 21.4 Å². The van der Waals surface area contributed by atoms with Gasteiger partial charge >= 0.3 is 0 Å².